The molecule has 2 aliphatic rings. The smallest absolute Gasteiger partial charge is 0.327 e. The molecule has 1 fully saturated rings. The molecule has 3 amide bonds. The molecule has 0 spiro atoms. The number of carbonyl (C=O) groups is 3. The van der Waals surface area contributed by atoms with Crippen molar-refractivity contribution >= 4 is 29.1 Å². The second-order valence-corrected chi connectivity index (χ2v) is 6.56. The van der Waals surface area contributed by atoms with E-state index in [2.05, 4.69) is 16.2 Å². The summed E-state index contributed by atoms with van der Waals surface area (Å²) < 4.78 is 0. The second kappa shape index (κ2) is 5.85. The average Bonchev–Trinajstić information content (AvgIpc) is 3.18. The van der Waals surface area contributed by atoms with E-state index in [0.29, 0.717) is 4.88 Å². The average molecular weight is 307 g/mol. The van der Waals surface area contributed by atoms with Gasteiger partial charge >= 0.3 is 11.8 Å². The Hall–Kier alpha value is -1.89. The second-order valence-electron chi connectivity index (χ2n) is 5.42. The van der Waals surface area contributed by atoms with Crippen LogP contribution < -0.4 is 16.2 Å². The van der Waals surface area contributed by atoms with Crippen LogP contribution in [0.25, 0.3) is 0 Å². The maximum atomic E-state index is 12.0. The monoisotopic (exact) mass is 307 g/mol. The van der Waals surface area contributed by atoms with Crippen LogP contribution in [0.3, 0.4) is 0 Å². The molecule has 21 heavy (non-hydrogen) atoms. The number of rotatable bonds is 2. The van der Waals surface area contributed by atoms with Crippen LogP contribution in [0.2, 0.25) is 0 Å². The zero-order chi connectivity index (χ0) is 14.8. The molecule has 6 nitrogen and oxygen atoms in total. The lowest BCUT2D eigenvalue weighted by Gasteiger charge is -2.08. The molecule has 1 aromatic rings. The highest BCUT2D eigenvalue weighted by Crippen LogP contribution is 2.29. The fourth-order valence-corrected chi connectivity index (χ4v) is 3.46. The van der Waals surface area contributed by atoms with Gasteiger partial charge in [0.25, 0.3) is 5.91 Å². The first-order valence-corrected chi connectivity index (χ1v) is 7.98. The van der Waals surface area contributed by atoms with Crippen LogP contribution in [0, 0.1) is 0 Å². The normalized spacial score (nSPS) is 16.8. The fourth-order valence-electron chi connectivity index (χ4n) is 2.31. The molecule has 1 heterocycles. The highest BCUT2D eigenvalue weighted by molar-refractivity contribution is 7.14. The first-order chi connectivity index (χ1) is 10.1. The molecule has 112 valence electrons. The van der Waals surface area contributed by atoms with Gasteiger partial charge in [-0.3, -0.25) is 25.2 Å². The third-order valence-electron chi connectivity index (χ3n) is 3.63. The van der Waals surface area contributed by atoms with Gasteiger partial charge in [0.05, 0.1) is 4.88 Å². The minimum atomic E-state index is -0.837. The van der Waals surface area contributed by atoms with Gasteiger partial charge in [-0.1, -0.05) is 0 Å². The lowest BCUT2D eigenvalue weighted by Crippen LogP contribution is -2.48. The van der Waals surface area contributed by atoms with Crippen LogP contribution in [0.1, 0.15) is 45.8 Å². The Morgan fingerprint density at radius 3 is 2.52 bits per heavy atom. The zero-order valence-corrected chi connectivity index (χ0v) is 12.3. The summed E-state index contributed by atoms with van der Waals surface area (Å²) in [5.74, 6) is -1.91. The molecule has 7 heteroatoms. The Morgan fingerprint density at radius 1 is 1.05 bits per heavy atom. The first-order valence-electron chi connectivity index (χ1n) is 7.16. The standard InChI is InChI=1S/C14H17N3O3S/c18-12(11-7-8-3-1-2-4-10(8)21-11)16-17-14(20)13(19)15-9-5-6-9/h7,9H,1-6H2,(H,15,19)(H,16,18)(H,17,20). The summed E-state index contributed by atoms with van der Waals surface area (Å²) in [6, 6.07) is 1.99. The number of thiophene rings is 1. The van der Waals surface area contributed by atoms with Crippen molar-refractivity contribution in [3.8, 4) is 0 Å². The summed E-state index contributed by atoms with van der Waals surface area (Å²) in [6.45, 7) is 0. The Morgan fingerprint density at radius 2 is 1.81 bits per heavy atom. The summed E-state index contributed by atoms with van der Waals surface area (Å²) in [5.41, 5.74) is 5.67. The molecule has 2 aliphatic carbocycles. The molecule has 0 bridgehead atoms. The molecular formula is C14H17N3O3S. The van der Waals surface area contributed by atoms with Gasteiger partial charge in [0.2, 0.25) is 0 Å². The quantitative estimate of drug-likeness (QED) is 0.554. The lowest BCUT2D eigenvalue weighted by atomic mass is 9.99. The lowest BCUT2D eigenvalue weighted by molar-refractivity contribution is -0.139. The third kappa shape index (κ3) is 3.41. The molecule has 0 atom stereocenters. The van der Waals surface area contributed by atoms with E-state index in [1.807, 2.05) is 6.07 Å². The number of nitrogens with one attached hydrogen (secondary N) is 3. The Bertz CT molecular complexity index is 569. The first kappa shape index (κ1) is 14.1. The number of hydrogen-bond donors (Lipinski definition) is 3. The van der Waals surface area contributed by atoms with E-state index < -0.39 is 11.8 Å². The number of fused-ring (bicyclic) bond motifs is 1. The summed E-state index contributed by atoms with van der Waals surface area (Å²) in [6.07, 6.45) is 6.16. The van der Waals surface area contributed by atoms with Crippen LogP contribution in [0.4, 0.5) is 0 Å². The largest absolute Gasteiger partial charge is 0.345 e. The number of carbonyl (C=O) groups excluding carboxylic acids is 3. The molecule has 3 rings (SSSR count). The molecule has 0 radical (unpaired) electrons. The van der Waals surface area contributed by atoms with E-state index in [4.69, 9.17) is 0 Å². The van der Waals surface area contributed by atoms with Gasteiger partial charge in [0.15, 0.2) is 0 Å². The maximum Gasteiger partial charge on any atom is 0.327 e. The van der Waals surface area contributed by atoms with E-state index in [1.54, 1.807) is 0 Å². The van der Waals surface area contributed by atoms with Crippen molar-refractivity contribution in [3.63, 3.8) is 0 Å². The van der Waals surface area contributed by atoms with Crippen LogP contribution >= 0.6 is 11.3 Å². The van der Waals surface area contributed by atoms with Crippen LogP contribution in [-0.2, 0) is 22.4 Å². The molecule has 0 unspecified atom stereocenters. The van der Waals surface area contributed by atoms with E-state index >= 15 is 0 Å². The minimum absolute atomic E-state index is 0.114. The molecule has 3 N–H and O–H groups in total. The predicted octanol–water partition coefficient (Wildman–Crippen LogP) is 0.666. The summed E-state index contributed by atoms with van der Waals surface area (Å²) in [7, 11) is 0. The molecule has 1 saturated carbocycles. The highest BCUT2D eigenvalue weighted by Gasteiger charge is 2.26. The van der Waals surface area contributed by atoms with Crippen molar-refractivity contribution in [2.45, 2.75) is 44.6 Å². The number of hydrogen-bond acceptors (Lipinski definition) is 4. The summed E-state index contributed by atoms with van der Waals surface area (Å²) >= 11 is 1.46. The molecule has 0 saturated heterocycles. The minimum Gasteiger partial charge on any atom is -0.345 e. The van der Waals surface area contributed by atoms with E-state index in [9.17, 15) is 14.4 Å². The van der Waals surface area contributed by atoms with Gasteiger partial charge < -0.3 is 5.32 Å². The predicted molar refractivity (Wildman–Crippen MR) is 77.7 cm³/mol. The van der Waals surface area contributed by atoms with Gasteiger partial charge in [-0.2, -0.15) is 0 Å². The highest BCUT2D eigenvalue weighted by atomic mass is 32.1. The molecule has 0 aliphatic heterocycles. The van der Waals surface area contributed by atoms with Gasteiger partial charge in [0.1, 0.15) is 0 Å². The van der Waals surface area contributed by atoms with Gasteiger partial charge in [-0.25, -0.2) is 0 Å². The van der Waals surface area contributed by atoms with Crippen LogP contribution in [-0.4, -0.2) is 23.8 Å². The van der Waals surface area contributed by atoms with E-state index in [0.717, 1.165) is 38.5 Å². The van der Waals surface area contributed by atoms with Crippen molar-refractivity contribution in [3.05, 3.63) is 21.4 Å². The summed E-state index contributed by atoms with van der Waals surface area (Å²) in [5, 5.41) is 2.56. The third-order valence-corrected chi connectivity index (χ3v) is 4.86. The Balaban J connectivity index is 1.52. The SMILES string of the molecule is O=C(NNC(=O)c1cc2c(s1)CCCC2)C(=O)NC1CC1. The van der Waals surface area contributed by atoms with Crippen molar-refractivity contribution in [2.24, 2.45) is 0 Å². The van der Waals surface area contributed by atoms with Crippen LogP contribution in [0.15, 0.2) is 6.07 Å². The van der Waals surface area contributed by atoms with E-state index in [-0.39, 0.29) is 11.9 Å². The zero-order valence-electron chi connectivity index (χ0n) is 11.5. The van der Waals surface area contributed by atoms with Crippen molar-refractivity contribution in [1.29, 1.82) is 0 Å². The Labute approximate surface area is 126 Å². The number of aryl methyl sites for hydroxylation is 2. The molecule has 0 aromatic carbocycles. The fraction of sp³-hybridized carbons (Fsp3) is 0.500. The number of hydrazine groups is 1. The van der Waals surface area contributed by atoms with Crippen molar-refractivity contribution in [2.75, 3.05) is 0 Å². The van der Waals surface area contributed by atoms with E-state index in [1.165, 1.54) is 21.8 Å². The van der Waals surface area contributed by atoms with Crippen molar-refractivity contribution in [1.82, 2.24) is 16.2 Å². The summed E-state index contributed by atoms with van der Waals surface area (Å²) in [4.78, 5) is 36.7. The van der Waals surface area contributed by atoms with Gasteiger partial charge in [0, 0.05) is 10.9 Å². The van der Waals surface area contributed by atoms with Gasteiger partial charge in [-0.05, 0) is 50.2 Å². The topological polar surface area (TPSA) is 87.3 Å². The maximum absolute atomic E-state index is 12.0. The van der Waals surface area contributed by atoms with Gasteiger partial charge in [-0.15, -0.1) is 11.3 Å². The van der Waals surface area contributed by atoms with Crippen molar-refractivity contribution < 1.29 is 14.4 Å². The molecular weight excluding hydrogens is 290 g/mol. The van der Waals surface area contributed by atoms with Crippen LogP contribution in [0.5, 0.6) is 0 Å². The molecule has 1 aromatic heterocycles. The Kier molecular flexibility index (Phi) is 3.92. The number of amides is 3.